The molecule has 3 heterocycles. The summed E-state index contributed by atoms with van der Waals surface area (Å²) < 4.78 is 20.5. The van der Waals surface area contributed by atoms with Crippen molar-refractivity contribution in [3.63, 3.8) is 0 Å². The highest BCUT2D eigenvalue weighted by molar-refractivity contribution is 5.94. The Bertz CT molecular complexity index is 1340. The Kier molecular flexibility index (Phi) is 6.78. The lowest BCUT2D eigenvalue weighted by molar-refractivity contribution is -0.138. The third-order valence-corrected chi connectivity index (χ3v) is 6.59. The van der Waals surface area contributed by atoms with E-state index in [0.29, 0.717) is 23.6 Å². The molecule has 1 saturated heterocycles. The van der Waals surface area contributed by atoms with Gasteiger partial charge in [0, 0.05) is 31.0 Å². The van der Waals surface area contributed by atoms with Crippen LogP contribution in [0, 0.1) is 17.2 Å². The minimum absolute atomic E-state index is 0.00788. The van der Waals surface area contributed by atoms with Crippen molar-refractivity contribution in [1.29, 1.82) is 5.26 Å². The van der Waals surface area contributed by atoms with Crippen LogP contribution in [0.1, 0.15) is 30.1 Å². The molecule has 12 heteroatoms. The molecule has 4 atom stereocenters. The zero-order valence-electron chi connectivity index (χ0n) is 19.7. The van der Waals surface area contributed by atoms with Gasteiger partial charge in [0.05, 0.1) is 12.1 Å². The van der Waals surface area contributed by atoms with Crippen LogP contribution in [-0.4, -0.2) is 74.0 Å². The molecule has 1 aromatic carbocycles. The van der Waals surface area contributed by atoms with Crippen molar-refractivity contribution in [2.24, 2.45) is 5.92 Å². The zero-order chi connectivity index (χ0) is 25.9. The van der Waals surface area contributed by atoms with E-state index < -0.39 is 24.8 Å². The Balaban J connectivity index is 1.25. The fraction of sp³-hybridized carbons (Fsp3) is 0.360. The molecule has 0 radical (unpaired) electrons. The highest BCUT2D eigenvalue weighted by Gasteiger charge is 2.46. The predicted octanol–water partition coefficient (Wildman–Crippen LogP) is 1.79. The summed E-state index contributed by atoms with van der Waals surface area (Å²) in [6.45, 7) is -0.576. The number of aromatic amines is 1. The molecular weight excluding hydrogens is 481 g/mol. The second-order valence-corrected chi connectivity index (χ2v) is 9.01. The number of pyridine rings is 1. The first-order valence-electron chi connectivity index (χ1n) is 11.8. The van der Waals surface area contributed by atoms with Gasteiger partial charge in [-0.3, -0.25) is 14.7 Å². The smallest absolute Gasteiger partial charge is 0.248 e. The number of aliphatic hydroxyl groups excluding tert-OH is 1. The van der Waals surface area contributed by atoms with Gasteiger partial charge in [-0.2, -0.15) is 10.4 Å². The molecule has 2 aromatic heterocycles. The Labute approximate surface area is 211 Å². The number of aromatic nitrogens is 4. The van der Waals surface area contributed by atoms with Crippen molar-refractivity contribution in [1.82, 2.24) is 25.1 Å². The molecule has 3 aromatic rings. The lowest BCUT2D eigenvalue weighted by Gasteiger charge is -2.34. The van der Waals surface area contributed by atoms with E-state index in [4.69, 9.17) is 9.84 Å². The number of aliphatic hydroxyl groups is 1. The van der Waals surface area contributed by atoms with Crippen LogP contribution in [0.2, 0.25) is 0 Å². The molecular formula is C25H24FN7O4. The Hall–Kier alpha value is -4.37. The van der Waals surface area contributed by atoms with E-state index in [1.165, 1.54) is 11.2 Å². The maximum absolute atomic E-state index is 14.6. The minimum atomic E-state index is -1.45. The number of rotatable bonds is 7. The second kappa shape index (κ2) is 10.3. The first-order valence-corrected chi connectivity index (χ1v) is 11.8. The summed E-state index contributed by atoms with van der Waals surface area (Å²) in [4.78, 5) is 33.8. The van der Waals surface area contributed by atoms with Crippen molar-refractivity contribution in [2.45, 2.75) is 31.0 Å². The van der Waals surface area contributed by atoms with Crippen molar-refractivity contribution in [3.8, 4) is 22.9 Å². The maximum atomic E-state index is 14.6. The molecule has 2 aliphatic rings. The Morgan fingerprint density at radius 1 is 1.27 bits per heavy atom. The summed E-state index contributed by atoms with van der Waals surface area (Å²) in [6, 6.07) is 10.5. The molecule has 3 N–H and O–H groups in total. The molecule has 1 aliphatic carbocycles. The fourth-order valence-corrected chi connectivity index (χ4v) is 4.47. The van der Waals surface area contributed by atoms with Crippen LogP contribution < -0.4 is 10.1 Å². The van der Waals surface area contributed by atoms with Gasteiger partial charge in [-0.25, -0.2) is 14.4 Å². The van der Waals surface area contributed by atoms with E-state index in [2.05, 4.69) is 31.6 Å². The summed E-state index contributed by atoms with van der Waals surface area (Å²) in [5, 5.41) is 28.2. The van der Waals surface area contributed by atoms with Crippen molar-refractivity contribution >= 4 is 17.6 Å². The van der Waals surface area contributed by atoms with E-state index in [0.717, 1.165) is 5.56 Å². The van der Waals surface area contributed by atoms with Crippen molar-refractivity contribution in [3.05, 3.63) is 54.2 Å². The number of hydrogen-bond acceptors (Lipinski definition) is 8. The number of benzene rings is 1. The number of amides is 2. The number of ether oxygens (including phenoxy) is 1. The van der Waals surface area contributed by atoms with E-state index >= 15 is 0 Å². The van der Waals surface area contributed by atoms with Crippen LogP contribution in [-0.2, 0) is 9.59 Å². The van der Waals surface area contributed by atoms with Gasteiger partial charge < -0.3 is 20.1 Å². The highest BCUT2D eigenvalue weighted by Crippen LogP contribution is 2.46. The molecule has 2 unspecified atom stereocenters. The molecule has 1 aliphatic heterocycles. The molecule has 2 amide bonds. The average molecular weight is 506 g/mol. The zero-order valence-corrected chi connectivity index (χ0v) is 19.7. The lowest BCUT2D eigenvalue weighted by Crippen LogP contribution is -2.50. The number of nitrogens with one attached hydrogen (secondary N) is 2. The standard InChI is InChI=1S/C25H24FN7O4/c26-19-11-33(23(35)12-34)6-4-21(19)37-20-2-1-14(7-16(20)10-27)15-3-5-28-22(8-15)31-25(36)18-9-17(18)24-29-13-30-32-24/h1-3,5,7-8,13,17-19,21,34H,4,6,9,11-12H2,(H,28,31,36)(H,29,30,32)/t17?,18?,19-,21+/m1/s1. The van der Waals surface area contributed by atoms with Crippen LogP contribution in [0.4, 0.5) is 10.2 Å². The van der Waals surface area contributed by atoms with E-state index in [9.17, 15) is 19.2 Å². The molecule has 5 rings (SSSR count). The van der Waals surface area contributed by atoms with Gasteiger partial charge in [0.2, 0.25) is 11.8 Å². The second-order valence-electron chi connectivity index (χ2n) is 9.01. The van der Waals surface area contributed by atoms with E-state index in [1.54, 1.807) is 36.5 Å². The molecule has 37 heavy (non-hydrogen) atoms. The van der Waals surface area contributed by atoms with Gasteiger partial charge in [0.25, 0.3) is 0 Å². The number of halogens is 1. The molecule has 190 valence electrons. The topological polar surface area (TPSA) is 157 Å². The van der Waals surface area contributed by atoms with Crippen LogP contribution in [0.15, 0.2) is 42.9 Å². The number of carbonyl (C=O) groups excluding carboxylic acids is 2. The van der Waals surface area contributed by atoms with Crippen LogP contribution in [0.25, 0.3) is 11.1 Å². The summed E-state index contributed by atoms with van der Waals surface area (Å²) >= 11 is 0. The number of likely N-dealkylation sites (tertiary alicyclic amines) is 1. The maximum Gasteiger partial charge on any atom is 0.248 e. The quantitative estimate of drug-likeness (QED) is 0.439. The summed E-state index contributed by atoms with van der Waals surface area (Å²) in [6.07, 6.45) is 1.70. The van der Waals surface area contributed by atoms with Gasteiger partial charge in [0.1, 0.15) is 36.7 Å². The summed E-state index contributed by atoms with van der Waals surface area (Å²) in [7, 11) is 0. The summed E-state index contributed by atoms with van der Waals surface area (Å²) in [5.41, 5.74) is 1.66. The van der Waals surface area contributed by atoms with Gasteiger partial charge in [-0.1, -0.05) is 6.07 Å². The van der Waals surface area contributed by atoms with Crippen molar-refractivity contribution in [2.75, 3.05) is 25.0 Å². The third-order valence-electron chi connectivity index (χ3n) is 6.59. The Morgan fingerprint density at radius 2 is 2.11 bits per heavy atom. The molecule has 1 saturated carbocycles. The number of piperidine rings is 1. The normalized spacial score (nSPS) is 22.7. The average Bonchev–Trinajstić information content (AvgIpc) is 3.54. The fourth-order valence-electron chi connectivity index (χ4n) is 4.47. The predicted molar refractivity (Wildman–Crippen MR) is 128 cm³/mol. The van der Waals surface area contributed by atoms with Crippen LogP contribution >= 0.6 is 0 Å². The molecule has 0 bridgehead atoms. The minimum Gasteiger partial charge on any atom is -0.486 e. The van der Waals surface area contributed by atoms with E-state index in [1.807, 2.05) is 0 Å². The number of alkyl halides is 1. The summed E-state index contributed by atoms with van der Waals surface area (Å²) in [5.74, 6) is 0.344. The SMILES string of the molecule is N#Cc1cc(-c2ccnc(NC(=O)C3CC3c3nc[nH]n3)c2)ccc1O[C@H]1CCN(C(=O)CO)C[C@H]1F. The Morgan fingerprint density at radius 3 is 2.84 bits per heavy atom. The number of anilines is 1. The number of hydrogen-bond donors (Lipinski definition) is 3. The largest absolute Gasteiger partial charge is 0.486 e. The van der Waals surface area contributed by atoms with Crippen molar-refractivity contribution < 1.29 is 23.8 Å². The molecule has 0 spiro atoms. The van der Waals surface area contributed by atoms with E-state index in [-0.39, 0.29) is 48.6 Å². The monoisotopic (exact) mass is 505 g/mol. The molecule has 2 fully saturated rings. The number of nitrogens with zero attached hydrogens (tertiary/aromatic N) is 5. The number of nitriles is 1. The van der Waals surface area contributed by atoms with Crippen LogP contribution in [0.3, 0.4) is 0 Å². The lowest BCUT2D eigenvalue weighted by atomic mass is 10.0. The van der Waals surface area contributed by atoms with Gasteiger partial charge in [-0.15, -0.1) is 0 Å². The number of carbonyl (C=O) groups is 2. The highest BCUT2D eigenvalue weighted by atomic mass is 19.1. The first-order chi connectivity index (χ1) is 18.0. The van der Waals surface area contributed by atoms with Gasteiger partial charge >= 0.3 is 0 Å². The third kappa shape index (κ3) is 5.26. The van der Waals surface area contributed by atoms with Gasteiger partial charge in [0.15, 0.2) is 12.0 Å². The molecule has 11 nitrogen and oxygen atoms in total. The van der Waals surface area contributed by atoms with Crippen LogP contribution in [0.5, 0.6) is 5.75 Å². The van der Waals surface area contributed by atoms with Gasteiger partial charge in [-0.05, 0) is 41.8 Å². The first kappa shape index (κ1) is 24.3. The number of H-pyrrole nitrogens is 1.